The molecule has 4 unspecified atom stereocenters. The zero-order valence-corrected chi connectivity index (χ0v) is 15.7. The summed E-state index contributed by atoms with van der Waals surface area (Å²) in [5.74, 6) is 0.576. The summed E-state index contributed by atoms with van der Waals surface area (Å²) in [6.07, 6.45) is 0.881. The summed E-state index contributed by atoms with van der Waals surface area (Å²) in [6, 6.07) is 8.82. The van der Waals surface area contributed by atoms with Crippen LogP contribution in [0.5, 0.6) is 0 Å². The van der Waals surface area contributed by atoms with Crippen LogP contribution in [0.2, 0.25) is 0 Å². The van der Waals surface area contributed by atoms with Gasteiger partial charge >= 0.3 is 0 Å². The van der Waals surface area contributed by atoms with Gasteiger partial charge in [0, 0.05) is 37.1 Å². The molecule has 0 bridgehead atoms. The predicted octanol–water partition coefficient (Wildman–Crippen LogP) is 2.35. The maximum absolute atomic E-state index is 12.8. The molecule has 0 N–H and O–H groups in total. The number of Topliss-reactive ketones (excluding diaryl/α,β-unsaturated/α-hetero) is 1. The summed E-state index contributed by atoms with van der Waals surface area (Å²) in [5.41, 5.74) is 0.284. The second-order valence-corrected chi connectivity index (χ2v) is 12.1. The lowest BCUT2D eigenvalue weighted by atomic mass is 9.91. The van der Waals surface area contributed by atoms with Crippen molar-refractivity contribution < 1.29 is 9.53 Å². The van der Waals surface area contributed by atoms with Crippen molar-refractivity contribution in [3.05, 3.63) is 30.3 Å². The average Bonchev–Trinajstić information content (AvgIpc) is 2.59. The van der Waals surface area contributed by atoms with Crippen molar-refractivity contribution in [3.63, 3.8) is 0 Å². The summed E-state index contributed by atoms with van der Waals surface area (Å²) >= 11 is 6.23. The Kier molecular flexibility index (Phi) is 5.37. The Labute approximate surface area is 144 Å². The molecule has 0 aliphatic carbocycles. The van der Waals surface area contributed by atoms with E-state index in [4.69, 9.17) is 16.5 Å². The monoisotopic (exact) mass is 351 g/mol. The number of carbonyl (C=O) groups is 1. The largest absolute Gasteiger partial charge is 0.379 e. The van der Waals surface area contributed by atoms with Crippen LogP contribution >= 0.6 is 6.04 Å². The quantitative estimate of drug-likeness (QED) is 0.782. The van der Waals surface area contributed by atoms with Crippen molar-refractivity contribution in [1.82, 2.24) is 4.90 Å². The maximum Gasteiger partial charge on any atom is 0.141 e. The smallest absolute Gasteiger partial charge is 0.141 e. The molecule has 1 aromatic rings. The lowest BCUT2D eigenvalue weighted by Crippen LogP contribution is -2.48. The Morgan fingerprint density at radius 1 is 1.22 bits per heavy atom. The molecular formula is C18H26NO2PS. The van der Waals surface area contributed by atoms with Crippen molar-refractivity contribution in [2.24, 2.45) is 11.8 Å². The second-order valence-electron chi connectivity index (χ2n) is 6.88. The number of morpholine rings is 1. The van der Waals surface area contributed by atoms with Crippen LogP contribution in [0.4, 0.5) is 0 Å². The van der Waals surface area contributed by atoms with Gasteiger partial charge in [-0.25, -0.2) is 0 Å². The Morgan fingerprint density at radius 2 is 1.87 bits per heavy atom. The highest BCUT2D eigenvalue weighted by Gasteiger charge is 2.44. The minimum absolute atomic E-state index is 0.0721. The van der Waals surface area contributed by atoms with Gasteiger partial charge in [0.2, 0.25) is 0 Å². The zero-order valence-electron chi connectivity index (χ0n) is 14.0. The molecular weight excluding hydrogens is 325 g/mol. The van der Waals surface area contributed by atoms with E-state index in [9.17, 15) is 4.79 Å². The zero-order chi connectivity index (χ0) is 16.4. The Morgan fingerprint density at radius 3 is 2.52 bits per heavy atom. The van der Waals surface area contributed by atoms with Gasteiger partial charge in [-0.05, 0) is 17.5 Å². The van der Waals surface area contributed by atoms with E-state index < -0.39 is 6.04 Å². The van der Waals surface area contributed by atoms with Crippen LogP contribution in [0.1, 0.15) is 13.8 Å². The van der Waals surface area contributed by atoms with Crippen molar-refractivity contribution in [2.75, 3.05) is 39.0 Å². The third kappa shape index (κ3) is 3.46. The van der Waals surface area contributed by atoms with Crippen LogP contribution in [0.3, 0.4) is 0 Å². The number of ether oxygens (including phenoxy) is 1. The normalized spacial score (nSPS) is 36.1. The molecule has 0 amide bonds. The average molecular weight is 351 g/mol. The Bertz CT molecular complexity index is 600. The molecule has 3 rings (SSSR count). The molecule has 5 heteroatoms. The van der Waals surface area contributed by atoms with Gasteiger partial charge in [-0.1, -0.05) is 56.0 Å². The number of carbonyl (C=O) groups excluding carboxylic acids is 1. The molecule has 2 aliphatic heterocycles. The standard InChI is InChI=1S/C18H26NO2PS/c1-14-13-22(23,16-6-4-3-5-7-16)15(2)17(18(14)20)12-19-8-10-21-11-9-19/h3-7,14-15,17H,8-13H2,1-2H3. The summed E-state index contributed by atoms with van der Waals surface area (Å²) in [5, 5.41) is 1.30. The molecule has 2 fully saturated rings. The van der Waals surface area contributed by atoms with E-state index in [-0.39, 0.29) is 17.5 Å². The Hall–Kier alpha value is -0.540. The lowest BCUT2D eigenvalue weighted by molar-refractivity contribution is -0.127. The summed E-state index contributed by atoms with van der Waals surface area (Å²) in [7, 11) is 0. The molecule has 1 aromatic carbocycles. The second kappa shape index (κ2) is 7.14. The molecule has 2 aliphatic rings. The van der Waals surface area contributed by atoms with Gasteiger partial charge in [0.1, 0.15) is 5.78 Å². The Balaban J connectivity index is 1.86. The number of hydrogen-bond acceptors (Lipinski definition) is 4. The minimum Gasteiger partial charge on any atom is -0.379 e. The van der Waals surface area contributed by atoms with Crippen LogP contribution in [0, 0.1) is 11.8 Å². The van der Waals surface area contributed by atoms with E-state index in [2.05, 4.69) is 43.0 Å². The van der Waals surface area contributed by atoms with E-state index >= 15 is 0 Å². The SMILES string of the molecule is CC1CP(=S)(c2ccccc2)C(C)C(CN2CCOCC2)C1=O. The van der Waals surface area contributed by atoms with Crippen molar-refractivity contribution in [2.45, 2.75) is 19.5 Å². The van der Waals surface area contributed by atoms with Crippen LogP contribution in [-0.2, 0) is 21.3 Å². The van der Waals surface area contributed by atoms with E-state index in [0.717, 1.165) is 39.0 Å². The third-order valence-electron chi connectivity index (χ3n) is 5.39. The van der Waals surface area contributed by atoms with Gasteiger partial charge in [0.15, 0.2) is 0 Å². The summed E-state index contributed by atoms with van der Waals surface area (Å²) in [6.45, 7) is 8.56. The fraction of sp³-hybridized carbons (Fsp3) is 0.611. The molecule has 23 heavy (non-hydrogen) atoms. The number of rotatable bonds is 3. The van der Waals surface area contributed by atoms with Crippen molar-refractivity contribution in [1.29, 1.82) is 0 Å². The maximum atomic E-state index is 12.8. The van der Waals surface area contributed by atoms with Gasteiger partial charge in [-0.15, -0.1) is 0 Å². The number of nitrogens with zero attached hydrogens (tertiary/aromatic N) is 1. The van der Waals surface area contributed by atoms with Crippen LogP contribution in [-0.4, -0.2) is 55.4 Å². The lowest BCUT2D eigenvalue weighted by Gasteiger charge is -2.43. The summed E-state index contributed by atoms with van der Waals surface area (Å²) in [4.78, 5) is 15.2. The fourth-order valence-corrected chi connectivity index (χ4v) is 8.87. The molecule has 0 saturated carbocycles. The van der Waals surface area contributed by atoms with E-state index in [0.29, 0.717) is 5.78 Å². The predicted molar refractivity (Wildman–Crippen MR) is 99.6 cm³/mol. The van der Waals surface area contributed by atoms with Gasteiger partial charge in [0.25, 0.3) is 0 Å². The van der Waals surface area contributed by atoms with Crippen molar-refractivity contribution in [3.8, 4) is 0 Å². The summed E-state index contributed by atoms with van der Waals surface area (Å²) < 4.78 is 5.43. The van der Waals surface area contributed by atoms with Gasteiger partial charge in [-0.2, -0.15) is 0 Å². The first-order valence-electron chi connectivity index (χ1n) is 8.50. The van der Waals surface area contributed by atoms with Crippen LogP contribution < -0.4 is 5.30 Å². The molecule has 126 valence electrons. The number of hydrogen-bond donors (Lipinski definition) is 0. The first kappa shape index (κ1) is 17.3. The molecule has 0 spiro atoms. The minimum atomic E-state index is -1.72. The highest BCUT2D eigenvalue weighted by molar-refractivity contribution is 8.18. The molecule has 4 atom stereocenters. The van der Waals surface area contributed by atoms with Crippen LogP contribution in [0.15, 0.2) is 30.3 Å². The third-order valence-corrected chi connectivity index (χ3v) is 11.4. The fourth-order valence-electron chi connectivity index (χ4n) is 3.88. The van der Waals surface area contributed by atoms with Crippen LogP contribution in [0.25, 0.3) is 0 Å². The highest BCUT2D eigenvalue weighted by atomic mass is 32.4. The van der Waals surface area contributed by atoms with E-state index in [1.165, 1.54) is 5.30 Å². The first-order chi connectivity index (χ1) is 11.0. The van der Waals surface area contributed by atoms with Gasteiger partial charge in [-0.3, -0.25) is 9.69 Å². The van der Waals surface area contributed by atoms with Gasteiger partial charge < -0.3 is 4.74 Å². The highest BCUT2D eigenvalue weighted by Crippen LogP contribution is 2.57. The first-order valence-corrected chi connectivity index (χ1v) is 11.6. The molecule has 2 heterocycles. The molecule has 3 nitrogen and oxygen atoms in total. The number of benzene rings is 1. The van der Waals surface area contributed by atoms with E-state index in [1.807, 2.05) is 6.07 Å². The molecule has 0 radical (unpaired) electrons. The van der Waals surface area contributed by atoms with E-state index in [1.54, 1.807) is 0 Å². The number of ketones is 1. The topological polar surface area (TPSA) is 29.5 Å². The molecule has 0 aromatic heterocycles. The van der Waals surface area contributed by atoms with Crippen molar-refractivity contribution >= 4 is 28.9 Å². The molecule has 2 saturated heterocycles. The van der Waals surface area contributed by atoms with Gasteiger partial charge in [0.05, 0.1) is 13.2 Å².